The standard InChI is InChI=1S/C12H13N5OS/c13-12(5-6-12)10(18)16-8-1-3-9(4-2-8)19-11-14-7-15-17-11/h1-4,7H,5-6,13H2,(H,16,18)(H,14,15,17). The van der Waals surface area contributed by atoms with Crippen molar-refractivity contribution >= 4 is 23.4 Å². The molecule has 3 rings (SSSR count). The zero-order valence-corrected chi connectivity index (χ0v) is 10.9. The van der Waals surface area contributed by atoms with E-state index in [0.717, 1.165) is 28.6 Å². The number of nitrogens with two attached hydrogens (primary N) is 1. The minimum atomic E-state index is -0.646. The lowest BCUT2D eigenvalue weighted by molar-refractivity contribution is -0.118. The van der Waals surface area contributed by atoms with Gasteiger partial charge in [0, 0.05) is 10.6 Å². The molecule has 0 aliphatic heterocycles. The van der Waals surface area contributed by atoms with E-state index in [9.17, 15) is 4.79 Å². The van der Waals surface area contributed by atoms with E-state index in [-0.39, 0.29) is 5.91 Å². The molecule has 0 radical (unpaired) electrons. The Morgan fingerprint density at radius 2 is 2.11 bits per heavy atom. The molecule has 1 heterocycles. The maximum atomic E-state index is 11.8. The fourth-order valence-corrected chi connectivity index (χ4v) is 2.27. The molecule has 1 aliphatic carbocycles. The molecule has 0 spiro atoms. The number of hydrogen-bond donors (Lipinski definition) is 3. The van der Waals surface area contributed by atoms with E-state index in [1.165, 1.54) is 18.1 Å². The van der Waals surface area contributed by atoms with Crippen LogP contribution in [0.1, 0.15) is 12.8 Å². The Kier molecular flexibility index (Phi) is 3.00. The summed E-state index contributed by atoms with van der Waals surface area (Å²) in [5, 5.41) is 10.1. The third-order valence-corrected chi connectivity index (χ3v) is 3.86. The highest BCUT2D eigenvalue weighted by Crippen LogP contribution is 2.33. The normalized spacial score (nSPS) is 16.1. The Balaban J connectivity index is 1.64. The molecule has 7 heteroatoms. The van der Waals surface area contributed by atoms with Gasteiger partial charge in [-0.1, -0.05) is 11.8 Å². The van der Waals surface area contributed by atoms with Crippen LogP contribution in [0.5, 0.6) is 0 Å². The molecule has 19 heavy (non-hydrogen) atoms. The van der Waals surface area contributed by atoms with Crippen LogP contribution in [0.2, 0.25) is 0 Å². The van der Waals surface area contributed by atoms with Crippen LogP contribution in [0.25, 0.3) is 0 Å². The van der Waals surface area contributed by atoms with Gasteiger partial charge in [0.15, 0.2) is 5.16 Å². The number of nitrogens with one attached hydrogen (secondary N) is 2. The molecule has 4 N–H and O–H groups in total. The lowest BCUT2D eigenvalue weighted by Crippen LogP contribution is -2.37. The third-order valence-electron chi connectivity index (χ3n) is 2.96. The van der Waals surface area contributed by atoms with E-state index in [1.807, 2.05) is 24.3 Å². The van der Waals surface area contributed by atoms with Crippen molar-refractivity contribution in [1.29, 1.82) is 0 Å². The molecular weight excluding hydrogens is 262 g/mol. The summed E-state index contributed by atoms with van der Waals surface area (Å²) in [5.74, 6) is -0.108. The van der Waals surface area contributed by atoms with Crippen LogP contribution in [0.15, 0.2) is 40.6 Å². The minimum absolute atomic E-state index is 0.108. The maximum absolute atomic E-state index is 11.8. The zero-order valence-electron chi connectivity index (χ0n) is 10.1. The van der Waals surface area contributed by atoms with Gasteiger partial charge in [0.1, 0.15) is 6.33 Å². The highest BCUT2D eigenvalue weighted by atomic mass is 32.2. The van der Waals surface area contributed by atoms with Gasteiger partial charge in [-0.3, -0.25) is 9.89 Å². The fraction of sp³-hybridized carbons (Fsp3) is 0.250. The summed E-state index contributed by atoms with van der Waals surface area (Å²) >= 11 is 1.47. The lowest BCUT2D eigenvalue weighted by atomic mass is 10.2. The molecule has 1 aromatic heterocycles. The average molecular weight is 275 g/mol. The molecule has 1 aliphatic rings. The number of amides is 1. The van der Waals surface area contributed by atoms with Gasteiger partial charge >= 0.3 is 0 Å². The summed E-state index contributed by atoms with van der Waals surface area (Å²) in [6.45, 7) is 0. The van der Waals surface area contributed by atoms with Gasteiger partial charge in [0.05, 0.1) is 5.54 Å². The summed E-state index contributed by atoms with van der Waals surface area (Å²) in [4.78, 5) is 16.8. The molecular formula is C12H13N5OS. The maximum Gasteiger partial charge on any atom is 0.244 e. The zero-order chi connectivity index (χ0) is 13.3. The second-order valence-corrected chi connectivity index (χ2v) is 5.59. The Bertz CT molecular complexity index is 577. The summed E-state index contributed by atoms with van der Waals surface area (Å²) in [5.41, 5.74) is 5.93. The topological polar surface area (TPSA) is 96.7 Å². The third kappa shape index (κ3) is 2.77. The molecule has 98 valence electrons. The summed E-state index contributed by atoms with van der Waals surface area (Å²) in [7, 11) is 0. The fourth-order valence-electron chi connectivity index (χ4n) is 1.58. The van der Waals surface area contributed by atoms with Crippen molar-refractivity contribution in [3.63, 3.8) is 0 Å². The molecule has 6 nitrogen and oxygen atoms in total. The van der Waals surface area contributed by atoms with Gasteiger partial charge in [-0.25, -0.2) is 4.98 Å². The second-order valence-electron chi connectivity index (χ2n) is 4.53. The summed E-state index contributed by atoms with van der Waals surface area (Å²) in [6.07, 6.45) is 2.99. The predicted molar refractivity (Wildman–Crippen MR) is 71.7 cm³/mol. The number of anilines is 1. The van der Waals surface area contributed by atoms with E-state index in [2.05, 4.69) is 20.5 Å². The largest absolute Gasteiger partial charge is 0.324 e. The van der Waals surface area contributed by atoms with Crippen LogP contribution < -0.4 is 11.1 Å². The highest BCUT2D eigenvalue weighted by Gasteiger charge is 2.45. The first-order chi connectivity index (χ1) is 9.16. The van der Waals surface area contributed by atoms with E-state index < -0.39 is 5.54 Å². The number of carbonyl (C=O) groups excluding carboxylic acids is 1. The Morgan fingerprint density at radius 3 is 2.68 bits per heavy atom. The first-order valence-electron chi connectivity index (χ1n) is 5.89. The molecule has 1 saturated carbocycles. The van der Waals surface area contributed by atoms with E-state index in [0.29, 0.717) is 0 Å². The number of benzene rings is 1. The molecule has 0 saturated heterocycles. The average Bonchev–Trinajstić information content (AvgIpc) is 2.96. The summed E-state index contributed by atoms with van der Waals surface area (Å²) in [6, 6.07) is 7.53. The number of aromatic amines is 1. The molecule has 2 aromatic rings. The first kappa shape index (κ1) is 12.2. The Labute approximate surface area is 114 Å². The molecule has 1 aromatic carbocycles. The SMILES string of the molecule is NC1(C(=O)Nc2ccc(Sc3ncn[nH]3)cc2)CC1. The van der Waals surface area contributed by atoms with Crippen molar-refractivity contribution in [1.82, 2.24) is 15.2 Å². The van der Waals surface area contributed by atoms with Crippen LogP contribution in [-0.2, 0) is 4.79 Å². The van der Waals surface area contributed by atoms with Crippen molar-refractivity contribution in [2.24, 2.45) is 5.73 Å². The van der Waals surface area contributed by atoms with Gasteiger partial charge < -0.3 is 11.1 Å². The number of H-pyrrole nitrogens is 1. The van der Waals surface area contributed by atoms with Crippen molar-refractivity contribution in [2.45, 2.75) is 28.4 Å². The molecule has 0 unspecified atom stereocenters. The van der Waals surface area contributed by atoms with Crippen LogP contribution in [0.3, 0.4) is 0 Å². The van der Waals surface area contributed by atoms with Crippen molar-refractivity contribution < 1.29 is 4.79 Å². The lowest BCUT2D eigenvalue weighted by Gasteiger charge is -2.10. The first-order valence-corrected chi connectivity index (χ1v) is 6.71. The second kappa shape index (κ2) is 4.67. The molecule has 1 amide bonds. The number of aromatic nitrogens is 3. The van der Waals surface area contributed by atoms with Gasteiger partial charge in [0.2, 0.25) is 5.91 Å². The van der Waals surface area contributed by atoms with Crippen LogP contribution in [0, 0.1) is 0 Å². The number of rotatable bonds is 4. The van der Waals surface area contributed by atoms with Gasteiger partial charge in [-0.05, 0) is 37.1 Å². The summed E-state index contributed by atoms with van der Waals surface area (Å²) < 4.78 is 0. The number of nitrogens with zero attached hydrogens (tertiary/aromatic N) is 2. The molecule has 1 fully saturated rings. The van der Waals surface area contributed by atoms with E-state index in [1.54, 1.807) is 0 Å². The van der Waals surface area contributed by atoms with Crippen molar-refractivity contribution in [2.75, 3.05) is 5.32 Å². The van der Waals surface area contributed by atoms with Gasteiger partial charge in [0.25, 0.3) is 0 Å². The molecule has 0 atom stereocenters. The molecule has 0 bridgehead atoms. The number of hydrogen-bond acceptors (Lipinski definition) is 5. The van der Waals surface area contributed by atoms with E-state index in [4.69, 9.17) is 5.73 Å². The minimum Gasteiger partial charge on any atom is -0.324 e. The van der Waals surface area contributed by atoms with Crippen LogP contribution in [0.4, 0.5) is 5.69 Å². The van der Waals surface area contributed by atoms with Crippen molar-refractivity contribution in [3.05, 3.63) is 30.6 Å². The quantitative estimate of drug-likeness (QED) is 0.783. The van der Waals surface area contributed by atoms with Crippen LogP contribution >= 0.6 is 11.8 Å². The predicted octanol–water partition coefficient (Wildman–Crippen LogP) is 1.39. The van der Waals surface area contributed by atoms with E-state index >= 15 is 0 Å². The monoisotopic (exact) mass is 275 g/mol. The highest BCUT2D eigenvalue weighted by molar-refractivity contribution is 7.99. The van der Waals surface area contributed by atoms with Gasteiger partial charge in [-0.15, -0.1) is 0 Å². The van der Waals surface area contributed by atoms with Crippen LogP contribution in [-0.4, -0.2) is 26.6 Å². The Morgan fingerprint density at radius 1 is 1.37 bits per heavy atom. The van der Waals surface area contributed by atoms with Gasteiger partial charge in [-0.2, -0.15) is 5.10 Å². The van der Waals surface area contributed by atoms with Crippen molar-refractivity contribution in [3.8, 4) is 0 Å². The Hall–Kier alpha value is -1.86. The number of carbonyl (C=O) groups is 1. The smallest absolute Gasteiger partial charge is 0.244 e.